The van der Waals surface area contributed by atoms with Crippen LogP contribution in [0.2, 0.25) is 0 Å². The lowest BCUT2D eigenvalue weighted by molar-refractivity contribution is 0.168. The van der Waals surface area contributed by atoms with E-state index in [0.717, 1.165) is 31.8 Å². The van der Waals surface area contributed by atoms with E-state index in [0.29, 0.717) is 0 Å². The molecule has 0 bridgehead atoms. The van der Waals surface area contributed by atoms with Crippen molar-refractivity contribution in [3.8, 4) is 0 Å². The molecule has 1 rings (SSSR count). The Hall–Kier alpha value is -0.660. The lowest BCUT2D eigenvalue weighted by Gasteiger charge is -2.34. The normalized spacial score (nSPS) is 18.2. The monoisotopic (exact) mass is 183 g/mol. The number of ether oxygens (including phenoxy) is 1. The summed E-state index contributed by atoms with van der Waals surface area (Å²) in [7, 11) is 0. The predicted octanol–water partition coefficient (Wildman–Crippen LogP) is 2.66. The van der Waals surface area contributed by atoms with E-state index in [-0.39, 0.29) is 5.41 Å². The average Bonchev–Trinajstić information content (AvgIpc) is 2.17. The first-order chi connectivity index (χ1) is 6.14. The fraction of sp³-hybridized carbons (Fsp3) is 0.818. The molecule has 76 valence electrons. The van der Waals surface area contributed by atoms with Crippen molar-refractivity contribution in [1.82, 2.24) is 5.32 Å². The van der Waals surface area contributed by atoms with Crippen LogP contribution in [0.25, 0.3) is 0 Å². The molecule has 0 aliphatic carbocycles. The molecule has 1 aliphatic rings. The van der Waals surface area contributed by atoms with Crippen molar-refractivity contribution < 1.29 is 4.74 Å². The Labute approximate surface area is 81.4 Å². The van der Waals surface area contributed by atoms with Gasteiger partial charge in [-0.1, -0.05) is 20.8 Å². The van der Waals surface area contributed by atoms with Crippen LogP contribution in [0.1, 0.15) is 40.5 Å². The summed E-state index contributed by atoms with van der Waals surface area (Å²) in [5.74, 6) is 1.08. The SMILES string of the molecule is CCC(C)(CC)C1=C(C)OCCN1. The van der Waals surface area contributed by atoms with Gasteiger partial charge < -0.3 is 10.1 Å². The highest BCUT2D eigenvalue weighted by Crippen LogP contribution is 2.35. The summed E-state index contributed by atoms with van der Waals surface area (Å²) in [4.78, 5) is 0. The first-order valence-electron chi connectivity index (χ1n) is 5.22. The first-order valence-corrected chi connectivity index (χ1v) is 5.22. The Bertz CT molecular complexity index is 204. The summed E-state index contributed by atoms with van der Waals surface area (Å²) < 4.78 is 5.56. The van der Waals surface area contributed by atoms with Gasteiger partial charge in [0, 0.05) is 12.0 Å². The van der Waals surface area contributed by atoms with Crippen LogP contribution in [0, 0.1) is 5.41 Å². The lowest BCUT2D eigenvalue weighted by atomic mass is 9.80. The summed E-state index contributed by atoms with van der Waals surface area (Å²) in [5, 5.41) is 3.47. The third-order valence-corrected chi connectivity index (χ3v) is 3.24. The van der Waals surface area contributed by atoms with Crippen molar-refractivity contribution >= 4 is 0 Å². The number of nitrogens with one attached hydrogen (secondary N) is 1. The number of hydrogen-bond donors (Lipinski definition) is 1. The van der Waals surface area contributed by atoms with E-state index in [1.54, 1.807) is 0 Å². The van der Waals surface area contributed by atoms with Crippen molar-refractivity contribution in [2.75, 3.05) is 13.2 Å². The van der Waals surface area contributed by atoms with Gasteiger partial charge in [0.05, 0.1) is 5.70 Å². The molecule has 0 saturated carbocycles. The lowest BCUT2D eigenvalue weighted by Crippen LogP contribution is -2.35. The van der Waals surface area contributed by atoms with Gasteiger partial charge in [0.2, 0.25) is 0 Å². The minimum Gasteiger partial charge on any atom is -0.495 e. The fourth-order valence-electron chi connectivity index (χ4n) is 1.82. The molecule has 1 N–H and O–H groups in total. The smallest absolute Gasteiger partial charge is 0.112 e. The van der Waals surface area contributed by atoms with Crippen molar-refractivity contribution in [2.45, 2.75) is 40.5 Å². The summed E-state index contributed by atoms with van der Waals surface area (Å²) in [6, 6.07) is 0. The van der Waals surface area contributed by atoms with Crippen LogP contribution in [-0.2, 0) is 4.74 Å². The highest BCUT2D eigenvalue weighted by Gasteiger charge is 2.28. The third-order valence-electron chi connectivity index (χ3n) is 3.24. The Morgan fingerprint density at radius 2 is 2.00 bits per heavy atom. The molecule has 1 aliphatic heterocycles. The summed E-state index contributed by atoms with van der Waals surface area (Å²) >= 11 is 0. The van der Waals surface area contributed by atoms with Crippen molar-refractivity contribution in [3.63, 3.8) is 0 Å². The minimum absolute atomic E-state index is 0.268. The van der Waals surface area contributed by atoms with Gasteiger partial charge in [0.15, 0.2) is 0 Å². The van der Waals surface area contributed by atoms with E-state index in [9.17, 15) is 0 Å². The molecule has 1 heterocycles. The zero-order valence-electron chi connectivity index (χ0n) is 9.24. The van der Waals surface area contributed by atoms with Gasteiger partial charge in [-0.05, 0) is 19.8 Å². The first kappa shape index (κ1) is 10.4. The average molecular weight is 183 g/mol. The van der Waals surface area contributed by atoms with Gasteiger partial charge in [-0.2, -0.15) is 0 Å². The van der Waals surface area contributed by atoms with Crippen LogP contribution in [0.5, 0.6) is 0 Å². The maximum atomic E-state index is 5.56. The van der Waals surface area contributed by atoms with Crippen LogP contribution in [-0.4, -0.2) is 13.2 Å². The van der Waals surface area contributed by atoms with Crippen molar-refractivity contribution in [3.05, 3.63) is 11.5 Å². The maximum absolute atomic E-state index is 5.56. The minimum atomic E-state index is 0.268. The standard InChI is InChI=1S/C11H21NO/c1-5-11(4,6-2)10-9(3)13-8-7-12-10/h12H,5-8H2,1-4H3. The molecule has 13 heavy (non-hydrogen) atoms. The van der Waals surface area contributed by atoms with Crippen LogP contribution in [0.4, 0.5) is 0 Å². The van der Waals surface area contributed by atoms with Gasteiger partial charge >= 0.3 is 0 Å². The van der Waals surface area contributed by atoms with Crippen LogP contribution in [0.3, 0.4) is 0 Å². The Kier molecular flexibility index (Phi) is 3.23. The molecule has 2 nitrogen and oxygen atoms in total. The molecule has 0 unspecified atom stereocenters. The van der Waals surface area contributed by atoms with Gasteiger partial charge in [-0.15, -0.1) is 0 Å². The van der Waals surface area contributed by atoms with Crippen LogP contribution in [0.15, 0.2) is 11.5 Å². The molecule has 0 aromatic carbocycles. The van der Waals surface area contributed by atoms with Gasteiger partial charge in [-0.3, -0.25) is 0 Å². The number of rotatable bonds is 3. The number of hydrogen-bond acceptors (Lipinski definition) is 2. The zero-order valence-corrected chi connectivity index (χ0v) is 9.24. The molecule has 0 atom stereocenters. The van der Waals surface area contributed by atoms with Crippen LogP contribution >= 0.6 is 0 Å². The molecule has 0 aromatic heterocycles. The second kappa shape index (κ2) is 4.03. The van der Waals surface area contributed by atoms with Crippen molar-refractivity contribution in [1.29, 1.82) is 0 Å². The van der Waals surface area contributed by atoms with E-state index in [2.05, 4.69) is 33.0 Å². The van der Waals surface area contributed by atoms with Gasteiger partial charge in [0.1, 0.15) is 12.4 Å². The molecular weight excluding hydrogens is 162 g/mol. The van der Waals surface area contributed by atoms with E-state index >= 15 is 0 Å². The quantitative estimate of drug-likeness (QED) is 0.726. The molecule has 2 heteroatoms. The highest BCUT2D eigenvalue weighted by atomic mass is 16.5. The molecule has 0 saturated heterocycles. The Balaban J connectivity index is 2.89. The molecule has 0 aromatic rings. The predicted molar refractivity (Wildman–Crippen MR) is 55.3 cm³/mol. The summed E-state index contributed by atoms with van der Waals surface area (Å²) in [5.41, 5.74) is 1.58. The molecule has 0 fully saturated rings. The molecular formula is C11H21NO. The molecule has 0 amide bonds. The summed E-state index contributed by atoms with van der Waals surface area (Å²) in [6.07, 6.45) is 2.32. The van der Waals surface area contributed by atoms with E-state index in [1.807, 2.05) is 0 Å². The highest BCUT2D eigenvalue weighted by molar-refractivity contribution is 5.16. The Morgan fingerprint density at radius 1 is 1.38 bits per heavy atom. The maximum Gasteiger partial charge on any atom is 0.112 e. The third kappa shape index (κ3) is 1.98. The van der Waals surface area contributed by atoms with Gasteiger partial charge in [-0.25, -0.2) is 0 Å². The van der Waals surface area contributed by atoms with E-state index < -0.39 is 0 Å². The fourth-order valence-corrected chi connectivity index (χ4v) is 1.82. The zero-order chi connectivity index (χ0) is 9.90. The van der Waals surface area contributed by atoms with E-state index in [4.69, 9.17) is 4.74 Å². The molecule has 0 spiro atoms. The van der Waals surface area contributed by atoms with E-state index in [1.165, 1.54) is 5.70 Å². The van der Waals surface area contributed by atoms with Crippen LogP contribution < -0.4 is 5.32 Å². The topological polar surface area (TPSA) is 21.3 Å². The molecule has 0 radical (unpaired) electrons. The van der Waals surface area contributed by atoms with Gasteiger partial charge in [0.25, 0.3) is 0 Å². The number of allylic oxidation sites excluding steroid dienone is 2. The Morgan fingerprint density at radius 3 is 2.46 bits per heavy atom. The largest absolute Gasteiger partial charge is 0.495 e. The second-order valence-corrected chi connectivity index (χ2v) is 3.97. The van der Waals surface area contributed by atoms with Crippen molar-refractivity contribution in [2.24, 2.45) is 5.41 Å². The summed E-state index contributed by atoms with van der Waals surface area (Å²) in [6.45, 7) is 10.6. The second-order valence-electron chi connectivity index (χ2n) is 3.97.